The summed E-state index contributed by atoms with van der Waals surface area (Å²) in [4.78, 5) is 8.91. The van der Waals surface area contributed by atoms with Crippen molar-refractivity contribution in [2.45, 2.75) is 32.7 Å². The summed E-state index contributed by atoms with van der Waals surface area (Å²) in [5.41, 5.74) is 2.25. The fraction of sp³-hybridized carbons (Fsp3) is 0.444. The van der Waals surface area contributed by atoms with Gasteiger partial charge in [0.05, 0.1) is 10.7 Å². The quantitative estimate of drug-likeness (QED) is 0.612. The molecule has 7 heteroatoms. The number of nitrogens with one attached hydrogen (secondary N) is 2. The number of aliphatic imine (C=N–C) groups is 1. The Morgan fingerprint density at radius 3 is 2.88 bits per heavy atom. The van der Waals surface area contributed by atoms with Gasteiger partial charge in [-0.3, -0.25) is 4.99 Å². The van der Waals surface area contributed by atoms with E-state index in [2.05, 4.69) is 39.8 Å². The van der Waals surface area contributed by atoms with Crippen LogP contribution in [-0.2, 0) is 13.0 Å². The van der Waals surface area contributed by atoms with Crippen LogP contribution in [0.15, 0.2) is 28.6 Å². The molecule has 0 fully saturated rings. The van der Waals surface area contributed by atoms with E-state index in [-0.39, 0.29) is 0 Å². The third kappa shape index (κ3) is 4.63. The third-order valence-electron chi connectivity index (χ3n) is 3.86. The topological polar surface area (TPSA) is 67.8 Å². The average molecular weight is 360 g/mol. The molecule has 1 aromatic carbocycles. The van der Waals surface area contributed by atoms with Crippen LogP contribution in [-0.4, -0.2) is 31.3 Å². The predicted octanol–water partition coefficient (Wildman–Crippen LogP) is 2.90. The fourth-order valence-corrected chi connectivity index (χ4v) is 3.34. The number of fused-ring (bicyclic) bond motifs is 1. The molecule has 2 heterocycles. The first-order chi connectivity index (χ1) is 12.2. The minimum atomic E-state index is 0.296. The maximum Gasteiger partial charge on any atom is 0.231 e. The Labute approximate surface area is 152 Å². The van der Waals surface area contributed by atoms with Crippen molar-refractivity contribution >= 4 is 17.3 Å². The zero-order chi connectivity index (χ0) is 17.6. The van der Waals surface area contributed by atoms with Gasteiger partial charge in [0.2, 0.25) is 6.79 Å². The van der Waals surface area contributed by atoms with Crippen LogP contribution in [0.5, 0.6) is 11.5 Å². The van der Waals surface area contributed by atoms with E-state index in [1.54, 1.807) is 18.4 Å². The summed E-state index contributed by atoms with van der Waals surface area (Å²) in [6.45, 7) is 6.10. The molecular formula is C18H24N4O2S. The van der Waals surface area contributed by atoms with E-state index in [4.69, 9.17) is 9.47 Å². The summed E-state index contributed by atoms with van der Waals surface area (Å²) in [6.07, 6.45) is 0.883. The Bertz CT molecular complexity index is 742. The van der Waals surface area contributed by atoms with E-state index in [0.29, 0.717) is 19.3 Å². The Morgan fingerprint density at radius 2 is 2.12 bits per heavy atom. The Hall–Kier alpha value is -2.28. The lowest BCUT2D eigenvalue weighted by Gasteiger charge is -2.11. The van der Waals surface area contributed by atoms with Crippen LogP contribution in [0.3, 0.4) is 0 Å². The molecule has 3 rings (SSSR count). The maximum atomic E-state index is 5.40. The molecule has 1 aromatic heterocycles. The molecule has 6 nitrogen and oxygen atoms in total. The zero-order valence-corrected chi connectivity index (χ0v) is 15.7. The molecule has 0 spiro atoms. The first-order valence-corrected chi connectivity index (χ1v) is 9.31. The molecule has 1 aliphatic rings. The van der Waals surface area contributed by atoms with Crippen molar-refractivity contribution in [2.24, 2.45) is 4.99 Å². The molecule has 0 saturated heterocycles. The zero-order valence-electron chi connectivity index (χ0n) is 14.8. The lowest BCUT2D eigenvalue weighted by molar-refractivity contribution is 0.174. The van der Waals surface area contributed by atoms with Gasteiger partial charge in [-0.1, -0.05) is 19.9 Å². The monoisotopic (exact) mass is 360 g/mol. The van der Waals surface area contributed by atoms with Crippen molar-refractivity contribution in [1.29, 1.82) is 0 Å². The highest BCUT2D eigenvalue weighted by Crippen LogP contribution is 2.32. The highest BCUT2D eigenvalue weighted by atomic mass is 32.1. The van der Waals surface area contributed by atoms with E-state index in [9.17, 15) is 0 Å². The van der Waals surface area contributed by atoms with Crippen LogP contribution in [0, 0.1) is 0 Å². The second-order valence-electron chi connectivity index (χ2n) is 6.12. The van der Waals surface area contributed by atoms with Gasteiger partial charge in [0.1, 0.15) is 0 Å². The number of nitrogens with zero attached hydrogens (tertiary/aromatic N) is 2. The number of rotatable bonds is 6. The van der Waals surface area contributed by atoms with Crippen molar-refractivity contribution in [3.63, 3.8) is 0 Å². The molecule has 1 aliphatic heterocycles. The second-order valence-corrected chi connectivity index (χ2v) is 7.01. The lowest BCUT2D eigenvalue weighted by atomic mass is 10.2. The van der Waals surface area contributed by atoms with Gasteiger partial charge < -0.3 is 20.1 Å². The maximum absolute atomic E-state index is 5.40. The average Bonchev–Trinajstić information content (AvgIpc) is 3.26. The minimum Gasteiger partial charge on any atom is -0.454 e. The highest BCUT2D eigenvalue weighted by Gasteiger charge is 2.13. The molecule has 134 valence electrons. The molecule has 25 heavy (non-hydrogen) atoms. The standard InChI is InChI=1S/C18H24N4O2S/c1-12(2)17-22-14(10-25-17)6-7-20-18(19-3)21-9-13-4-5-15-16(8-13)24-11-23-15/h4-5,8,10,12H,6-7,9,11H2,1-3H3,(H2,19,20,21). The van der Waals surface area contributed by atoms with Crippen LogP contribution in [0.4, 0.5) is 0 Å². The van der Waals surface area contributed by atoms with Gasteiger partial charge in [-0.2, -0.15) is 0 Å². The Morgan fingerprint density at radius 1 is 1.28 bits per heavy atom. The molecular weight excluding hydrogens is 336 g/mol. The van der Waals surface area contributed by atoms with Crippen molar-refractivity contribution < 1.29 is 9.47 Å². The lowest BCUT2D eigenvalue weighted by Crippen LogP contribution is -2.37. The number of ether oxygens (including phenoxy) is 2. The predicted molar refractivity (Wildman–Crippen MR) is 101 cm³/mol. The Kier molecular flexibility index (Phi) is 5.75. The van der Waals surface area contributed by atoms with Gasteiger partial charge in [-0.05, 0) is 17.7 Å². The van der Waals surface area contributed by atoms with Gasteiger partial charge in [-0.15, -0.1) is 11.3 Å². The summed E-state index contributed by atoms with van der Waals surface area (Å²) in [5, 5.41) is 9.97. The molecule has 2 N–H and O–H groups in total. The molecule has 0 radical (unpaired) electrons. The molecule has 0 aliphatic carbocycles. The fourth-order valence-electron chi connectivity index (χ4n) is 2.47. The van der Waals surface area contributed by atoms with Crippen LogP contribution >= 0.6 is 11.3 Å². The number of guanidine groups is 1. The van der Waals surface area contributed by atoms with Gasteiger partial charge in [0.25, 0.3) is 0 Å². The van der Waals surface area contributed by atoms with E-state index in [1.165, 1.54) is 5.01 Å². The van der Waals surface area contributed by atoms with E-state index in [0.717, 1.165) is 41.7 Å². The van der Waals surface area contributed by atoms with Gasteiger partial charge in [-0.25, -0.2) is 4.98 Å². The highest BCUT2D eigenvalue weighted by molar-refractivity contribution is 7.09. The van der Waals surface area contributed by atoms with Gasteiger partial charge in [0.15, 0.2) is 17.5 Å². The van der Waals surface area contributed by atoms with E-state index in [1.807, 2.05) is 18.2 Å². The molecule has 0 bridgehead atoms. The smallest absolute Gasteiger partial charge is 0.231 e. The summed E-state index contributed by atoms with van der Waals surface area (Å²) in [5.74, 6) is 2.86. The number of benzene rings is 1. The van der Waals surface area contributed by atoms with Crippen molar-refractivity contribution in [1.82, 2.24) is 15.6 Å². The number of thiazole rings is 1. The largest absolute Gasteiger partial charge is 0.454 e. The Balaban J connectivity index is 1.45. The van der Waals surface area contributed by atoms with Crippen molar-refractivity contribution in [2.75, 3.05) is 20.4 Å². The second kappa shape index (κ2) is 8.20. The molecule has 0 atom stereocenters. The SMILES string of the molecule is CN=C(NCCc1csc(C(C)C)n1)NCc1ccc2c(c1)OCO2. The van der Waals surface area contributed by atoms with E-state index < -0.39 is 0 Å². The number of hydrogen-bond acceptors (Lipinski definition) is 5. The first kappa shape index (κ1) is 17.5. The number of aromatic nitrogens is 1. The van der Waals surface area contributed by atoms with Crippen LogP contribution in [0.25, 0.3) is 0 Å². The summed E-state index contributed by atoms with van der Waals surface area (Å²) in [6, 6.07) is 5.95. The third-order valence-corrected chi connectivity index (χ3v) is 5.05. The van der Waals surface area contributed by atoms with Crippen LogP contribution < -0.4 is 20.1 Å². The van der Waals surface area contributed by atoms with Crippen molar-refractivity contribution in [3.05, 3.63) is 39.8 Å². The van der Waals surface area contributed by atoms with Gasteiger partial charge in [0, 0.05) is 37.9 Å². The first-order valence-electron chi connectivity index (χ1n) is 8.43. The normalized spacial score (nSPS) is 13.4. The summed E-state index contributed by atoms with van der Waals surface area (Å²) < 4.78 is 10.7. The molecule has 0 unspecified atom stereocenters. The molecule has 2 aromatic rings. The van der Waals surface area contributed by atoms with Crippen molar-refractivity contribution in [3.8, 4) is 11.5 Å². The minimum absolute atomic E-state index is 0.296. The summed E-state index contributed by atoms with van der Waals surface area (Å²) >= 11 is 1.73. The molecule has 0 saturated carbocycles. The van der Waals surface area contributed by atoms with Crippen LogP contribution in [0.1, 0.15) is 36.0 Å². The molecule has 0 amide bonds. The number of hydrogen-bond donors (Lipinski definition) is 2. The van der Waals surface area contributed by atoms with Crippen LogP contribution in [0.2, 0.25) is 0 Å². The summed E-state index contributed by atoms with van der Waals surface area (Å²) in [7, 11) is 1.77. The van der Waals surface area contributed by atoms with Gasteiger partial charge >= 0.3 is 0 Å². The van der Waals surface area contributed by atoms with E-state index >= 15 is 0 Å².